The summed E-state index contributed by atoms with van der Waals surface area (Å²) in [5.74, 6) is -0.211. The predicted octanol–water partition coefficient (Wildman–Crippen LogP) is 2.67. The van der Waals surface area contributed by atoms with E-state index in [2.05, 4.69) is 22.9 Å². The highest BCUT2D eigenvalue weighted by Gasteiger charge is 2.19. The first kappa shape index (κ1) is 18.1. The van der Waals surface area contributed by atoms with Gasteiger partial charge < -0.3 is 4.90 Å². The van der Waals surface area contributed by atoms with E-state index < -0.39 is 10.0 Å². The molecule has 0 aliphatic heterocycles. The number of nitrogens with zero attached hydrogens (tertiary/aromatic N) is 1. The normalized spacial score (nSPS) is 11.5. The van der Waals surface area contributed by atoms with E-state index >= 15 is 0 Å². The lowest BCUT2D eigenvalue weighted by Gasteiger charge is -2.18. The number of primary sulfonamides is 1. The third kappa shape index (κ3) is 4.79. The van der Waals surface area contributed by atoms with Crippen LogP contribution in [0.3, 0.4) is 0 Å². The van der Waals surface area contributed by atoms with Crippen LogP contribution in [0, 0.1) is 6.92 Å². The number of nitrogens with two attached hydrogens (primary N) is 1. The number of sulfonamides is 1. The second-order valence-electron chi connectivity index (χ2n) is 5.06. The lowest BCUT2D eigenvalue weighted by molar-refractivity contribution is 0.0792. The number of hydrogen-bond acceptors (Lipinski definition) is 3. The number of benzene rings is 1. The van der Waals surface area contributed by atoms with Gasteiger partial charge in [0.1, 0.15) is 0 Å². The largest absolute Gasteiger partial charge is 0.342 e. The van der Waals surface area contributed by atoms with E-state index in [1.165, 1.54) is 6.07 Å². The number of rotatable bonds is 6. The molecular formula is C14H21BrN2O3S. The van der Waals surface area contributed by atoms with E-state index in [9.17, 15) is 13.2 Å². The van der Waals surface area contributed by atoms with Gasteiger partial charge in [0.25, 0.3) is 5.91 Å². The summed E-state index contributed by atoms with van der Waals surface area (Å²) in [5, 5.41) is 5.20. The Hall–Kier alpha value is -0.920. The monoisotopic (exact) mass is 376 g/mol. The van der Waals surface area contributed by atoms with E-state index in [-0.39, 0.29) is 10.8 Å². The molecule has 0 saturated heterocycles. The van der Waals surface area contributed by atoms with E-state index in [0.29, 0.717) is 22.1 Å². The Balaban J connectivity index is 3.09. The molecular weight excluding hydrogens is 356 g/mol. The van der Waals surface area contributed by atoms with Gasteiger partial charge in [0.15, 0.2) is 0 Å². The number of hydrogen-bond donors (Lipinski definition) is 1. The molecule has 1 aromatic carbocycles. The van der Waals surface area contributed by atoms with Crippen LogP contribution >= 0.6 is 15.9 Å². The number of carbonyl (C=O) groups excluding carboxylic acids is 1. The number of halogens is 1. The van der Waals surface area contributed by atoms with Crippen LogP contribution in [0.25, 0.3) is 0 Å². The maximum Gasteiger partial charge on any atom is 0.253 e. The van der Waals surface area contributed by atoms with Gasteiger partial charge in [-0.25, -0.2) is 13.6 Å². The van der Waals surface area contributed by atoms with Crippen molar-refractivity contribution in [3.8, 4) is 0 Å². The Bertz CT molecular complexity index is 629. The van der Waals surface area contributed by atoms with Gasteiger partial charge in [0.2, 0.25) is 10.0 Å². The average Bonchev–Trinajstić information content (AvgIpc) is 2.39. The van der Waals surface area contributed by atoms with Gasteiger partial charge in [-0.15, -0.1) is 0 Å². The van der Waals surface area contributed by atoms with Crippen LogP contribution in [0.4, 0.5) is 0 Å². The van der Waals surface area contributed by atoms with Gasteiger partial charge in [0.05, 0.1) is 4.90 Å². The van der Waals surface area contributed by atoms with Crippen molar-refractivity contribution in [3.05, 3.63) is 27.7 Å². The molecule has 0 atom stereocenters. The molecule has 0 bridgehead atoms. The van der Waals surface area contributed by atoms with Gasteiger partial charge >= 0.3 is 0 Å². The fraction of sp³-hybridized carbons (Fsp3) is 0.500. The molecule has 0 spiro atoms. The SMILES string of the molecule is CCCCCN(C)C(=O)c1cc(Br)c(C)c(S(N)(=O)=O)c1. The molecule has 2 N–H and O–H groups in total. The number of amides is 1. The van der Waals surface area contributed by atoms with Crippen molar-refractivity contribution in [1.82, 2.24) is 4.90 Å². The third-order valence-electron chi connectivity index (χ3n) is 3.29. The molecule has 1 aromatic rings. The first-order valence-corrected chi connectivity index (χ1v) is 9.10. The van der Waals surface area contributed by atoms with Crippen LogP contribution in [0.15, 0.2) is 21.5 Å². The molecule has 0 saturated carbocycles. The summed E-state index contributed by atoms with van der Waals surface area (Å²) < 4.78 is 23.7. The summed E-state index contributed by atoms with van der Waals surface area (Å²) in [6.07, 6.45) is 3.05. The summed E-state index contributed by atoms with van der Waals surface area (Å²) in [5.41, 5.74) is 0.818. The summed E-state index contributed by atoms with van der Waals surface area (Å²) in [7, 11) is -2.15. The Morgan fingerprint density at radius 2 is 1.95 bits per heavy atom. The first-order valence-electron chi connectivity index (χ1n) is 6.77. The molecule has 0 radical (unpaired) electrons. The van der Waals surface area contributed by atoms with Crippen LogP contribution in [0.2, 0.25) is 0 Å². The topological polar surface area (TPSA) is 80.5 Å². The van der Waals surface area contributed by atoms with Crippen LogP contribution in [0.1, 0.15) is 42.1 Å². The van der Waals surface area contributed by atoms with Crippen LogP contribution in [0.5, 0.6) is 0 Å². The molecule has 0 heterocycles. The lowest BCUT2D eigenvalue weighted by atomic mass is 10.1. The standard InChI is InChI=1S/C14H21BrN2O3S/c1-4-5-6-7-17(3)14(18)11-8-12(15)10(2)13(9-11)21(16,19)20/h8-9H,4-7H2,1-3H3,(H2,16,19,20). The first-order chi connectivity index (χ1) is 9.68. The zero-order chi connectivity index (χ0) is 16.2. The van der Waals surface area contributed by atoms with Gasteiger partial charge in [0, 0.05) is 23.6 Å². The highest BCUT2D eigenvalue weighted by molar-refractivity contribution is 9.10. The van der Waals surface area contributed by atoms with Crippen molar-refractivity contribution >= 4 is 31.9 Å². The maximum atomic E-state index is 12.4. The fourth-order valence-electron chi connectivity index (χ4n) is 1.99. The molecule has 0 aliphatic rings. The fourth-order valence-corrected chi connectivity index (χ4v) is 3.41. The predicted molar refractivity (Wildman–Crippen MR) is 86.7 cm³/mol. The van der Waals surface area contributed by atoms with Crippen molar-refractivity contribution in [3.63, 3.8) is 0 Å². The molecule has 0 fully saturated rings. The molecule has 1 amide bonds. The highest BCUT2D eigenvalue weighted by Crippen LogP contribution is 2.25. The second-order valence-corrected chi connectivity index (χ2v) is 7.44. The van der Waals surface area contributed by atoms with Crippen LogP contribution in [-0.4, -0.2) is 32.8 Å². The van der Waals surface area contributed by atoms with E-state index in [1.807, 2.05) is 0 Å². The van der Waals surface area contributed by atoms with Crippen molar-refractivity contribution in [2.45, 2.75) is 38.0 Å². The summed E-state index contributed by atoms with van der Waals surface area (Å²) >= 11 is 3.28. The van der Waals surface area contributed by atoms with Gasteiger partial charge in [-0.1, -0.05) is 35.7 Å². The van der Waals surface area contributed by atoms with E-state index in [4.69, 9.17) is 5.14 Å². The molecule has 1 rings (SSSR count). The van der Waals surface area contributed by atoms with Gasteiger partial charge in [-0.05, 0) is 31.0 Å². The minimum Gasteiger partial charge on any atom is -0.342 e. The Morgan fingerprint density at radius 3 is 2.48 bits per heavy atom. The van der Waals surface area contributed by atoms with Gasteiger partial charge in [-0.3, -0.25) is 4.79 Å². The quantitative estimate of drug-likeness (QED) is 0.774. The minimum atomic E-state index is -3.86. The average molecular weight is 377 g/mol. The maximum absolute atomic E-state index is 12.4. The molecule has 0 aliphatic carbocycles. The van der Waals surface area contributed by atoms with Crippen LogP contribution < -0.4 is 5.14 Å². The smallest absolute Gasteiger partial charge is 0.253 e. The molecule has 5 nitrogen and oxygen atoms in total. The second kappa shape index (κ2) is 7.38. The summed E-state index contributed by atoms with van der Waals surface area (Å²) in [4.78, 5) is 13.9. The van der Waals surface area contributed by atoms with E-state index in [0.717, 1.165) is 19.3 Å². The highest BCUT2D eigenvalue weighted by atomic mass is 79.9. The molecule has 7 heteroatoms. The Labute approximate surface area is 134 Å². The van der Waals surface area contributed by atoms with Crippen LogP contribution in [-0.2, 0) is 10.0 Å². The molecule has 118 valence electrons. The Morgan fingerprint density at radius 1 is 1.33 bits per heavy atom. The molecule has 0 aromatic heterocycles. The lowest BCUT2D eigenvalue weighted by Crippen LogP contribution is -2.28. The molecule has 21 heavy (non-hydrogen) atoms. The number of carbonyl (C=O) groups is 1. The zero-order valence-electron chi connectivity index (χ0n) is 12.5. The summed E-state index contributed by atoms with van der Waals surface area (Å²) in [6, 6.07) is 2.97. The van der Waals surface area contributed by atoms with Crippen molar-refractivity contribution in [2.75, 3.05) is 13.6 Å². The van der Waals surface area contributed by atoms with Crippen molar-refractivity contribution in [2.24, 2.45) is 5.14 Å². The summed E-state index contributed by atoms with van der Waals surface area (Å²) in [6.45, 7) is 4.38. The van der Waals surface area contributed by atoms with Gasteiger partial charge in [-0.2, -0.15) is 0 Å². The minimum absolute atomic E-state index is 0.0258. The Kier molecular flexibility index (Phi) is 6.37. The van der Waals surface area contributed by atoms with Crippen molar-refractivity contribution < 1.29 is 13.2 Å². The number of unbranched alkanes of at least 4 members (excludes halogenated alkanes) is 2. The van der Waals surface area contributed by atoms with Crippen molar-refractivity contribution in [1.29, 1.82) is 0 Å². The third-order valence-corrected chi connectivity index (χ3v) is 5.15. The van der Waals surface area contributed by atoms with E-state index in [1.54, 1.807) is 24.9 Å². The zero-order valence-corrected chi connectivity index (χ0v) is 14.9. The molecule has 0 unspecified atom stereocenters.